The van der Waals surface area contributed by atoms with Crippen LogP contribution < -0.4 is 11.1 Å². The fourth-order valence-electron chi connectivity index (χ4n) is 1.52. The number of aromatic nitrogens is 1. The molecule has 0 aliphatic rings. The van der Waals surface area contributed by atoms with Crippen LogP contribution in [0.15, 0.2) is 0 Å². The van der Waals surface area contributed by atoms with E-state index in [-0.39, 0.29) is 11.8 Å². The number of aryl methyl sites for hydroxylation is 1. The monoisotopic (exact) mass is 255 g/mol. The number of thiazole rings is 1. The van der Waals surface area contributed by atoms with Gasteiger partial charge in [-0.2, -0.15) is 0 Å². The van der Waals surface area contributed by atoms with E-state index in [0.717, 1.165) is 10.7 Å². The Balaban J connectivity index is 2.58. The summed E-state index contributed by atoms with van der Waals surface area (Å²) in [6.45, 7) is 9.02. The van der Waals surface area contributed by atoms with Crippen molar-refractivity contribution in [1.82, 2.24) is 10.3 Å². The van der Waals surface area contributed by atoms with Crippen LogP contribution in [0.2, 0.25) is 0 Å². The molecule has 0 saturated heterocycles. The van der Waals surface area contributed by atoms with Crippen molar-refractivity contribution in [2.75, 3.05) is 6.54 Å². The van der Waals surface area contributed by atoms with Crippen LogP contribution in [0.5, 0.6) is 0 Å². The minimum absolute atomic E-state index is 0.00792. The quantitative estimate of drug-likeness (QED) is 0.843. The molecule has 0 bridgehead atoms. The predicted octanol–water partition coefficient (Wildman–Crippen LogP) is 1.79. The Bertz CT molecular complexity index is 387. The Kier molecular flexibility index (Phi) is 5.08. The Morgan fingerprint density at radius 3 is 2.59 bits per heavy atom. The molecule has 0 spiro atoms. The van der Waals surface area contributed by atoms with Gasteiger partial charge in [0.15, 0.2) is 0 Å². The van der Waals surface area contributed by atoms with Crippen LogP contribution >= 0.6 is 11.3 Å². The van der Waals surface area contributed by atoms with Crippen molar-refractivity contribution < 1.29 is 4.79 Å². The number of rotatable bonds is 5. The second-order valence-electron chi connectivity index (χ2n) is 4.56. The molecule has 1 amide bonds. The second-order valence-corrected chi connectivity index (χ2v) is 5.85. The first-order valence-corrected chi connectivity index (χ1v) is 6.71. The van der Waals surface area contributed by atoms with Gasteiger partial charge in [-0.05, 0) is 12.8 Å². The van der Waals surface area contributed by atoms with Gasteiger partial charge in [0.25, 0.3) is 0 Å². The van der Waals surface area contributed by atoms with E-state index in [1.807, 2.05) is 6.92 Å². The van der Waals surface area contributed by atoms with Crippen LogP contribution in [0.25, 0.3) is 0 Å². The van der Waals surface area contributed by atoms with E-state index in [0.29, 0.717) is 19.0 Å². The Labute approximate surface area is 107 Å². The standard InChI is InChI=1S/C12H21N3OS/c1-7(2)11-9(4)17-10(15-11)6-14-12(16)8(3)5-13/h7-8H,5-6,13H2,1-4H3,(H,14,16). The van der Waals surface area contributed by atoms with Gasteiger partial charge in [-0.3, -0.25) is 4.79 Å². The molecule has 0 radical (unpaired) electrons. The van der Waals surface area contributed by atoms with Crippen LogP contribution in [-0.2, 0) is 11.3 Å². The number of carbonyl (C=O) groups is 1. The lowest BCUT2D eigenvalue weighted by molar-refractivity contribution is -0.124. The van der Waals surface area contributed by atoms with Gasteiger partial charge in [-0.25, -0.2) is 4.98 Å². The minimum Gasteiger partial charge on any atom is -0.349 e. The van der Waals surface area contributed by atoms with Gasteiger partial charge in [0.2, 0.25) is 5.91 Å². The molecule has 1 aromatic heterocycles. The van der Waals surface area contributed by atoms with Crippen molar-refractivity contribution in [2.24, 2.45) is 11.7 Å². The highest BCUT2D eigenvalue weighted by Crippen LogP contribution is 2.23. The molecule has 0 aliphatic heterocycles. The van der Waals surface area contributed by atoms with Crippen LogP contribution in [0.1, 0.15) is 42.3 Å². The lowest BCUT2D eigenvalue weighted by Gasteiger charge is -2.08. The lowest BCUT2D eigenvalue weighted by Crippen LogP contribution is -2.32. The predicted molar refractivity (Wildman–Crippen MR) is 71.0 cm³/mol. The largest absolute Gasteiger partial charge is 0.349 e. The highest BCUT2D eigenvalue weighted by atomic mass is 32.1. The molecule has 0 aromatic carbocycles. The van der Waals surface area contributed by atoms with Gasteiger partial charge < -0.3 is 11.1 Å². The molecular formula is C12H21N3OS. The smallest absolute Gasteiger partial charge is 0.224 e. The van der Waals surface area contributed by atoms with Gasteiger partial charge in [-0.1, -0.05) is 20.8 Å². The number of hydrogen-bond donors (Lipinski definition) is 2. The van der Waals surface area contributed by atoms with E-state index in [2.05, 4.69) is 31.1 Å². The van der Waals surface area contributed by atoms with Crippen LogP contribution in [0, 0.1) is 12.8 Å². The van der Waals surface area contributed by atoms with E-state index < -0.39 is 0 Å². The van der Waals surface area contributed by atoms with Crippen molar-refractivity contribution in [2.45, 2.75) is 40.2 Å². The molecular weight excluding hydrogens is 234 g/mol. The highest BCUT2D eigenvalue weighted by molar-refractivity contribution is 7.11. The molecule has 1 heterocycles. The third kappa shape index (κ3) is 3.78. The molecule has 1 atom stereocenters. The number of nitrogens with two attached hydrogens (primary N) is 1. The van der Waals surface area contributed by atoms with Gasteiger partial charge >= 0.3 is 0 Å². The second kappa shape index (κ2) is 6.12. The SMILES string of the molecule is Cc1sc(CNC(=O)C(C)CN)nc1C(C)C. The Morgan fingerprint density at radius 1 is 1.47 bits per heavy atom. The summed E-state index contributed by atoms with van der Waals surface area (Å²) in [5, 5.41) is 3.82. The number of amides is 1. The molecule has 1 rings (SSSR count). The molecule has 5 heteroatoms. The molecule has 0 aliphatic carbocycles. The van der Waals surface area contributed by atoms with Gasteiger partial charge in [-0.15, -0.1) is 11.3 Å². The summed E-state index contributed by atoms with van der Waals surface area (Å²) in [7, 11) is 0. The van der Waals surface area contributed by atoms with Crippen molar-refractivity contribution in [3.8, 4) is 0 Å². The third-order valence-corrected chi connectivity index (χ3v) is 3.63. The molecule has 1 unspecified atom stereocenters. The maximum atomic E-state index is 11.6. The van der Waals surface area contributed by atoms with Crippen molar-refractivity contribution in [3.63, 3.8) is 0 Å². The summed E-state index contributed by atoms with van der Waals surface area (Å²) in [6, 6.07) is 0. The zero-order chi connectivity index (χ0) is 13.0. The zero-order valence-corrected chi connectivity index (χ0v) is 11.7. The summed E-state index contributed by atoms with van der Waals surface area (Å²) in [6.07, 6.45) is 0. The van der Waals surface area contributed by atoms with Gasteiger partial charge in [0, 0.05) is 17.3 Å². The first-order valence-electron chi connectivity index (χ1n) is 5.89. The van der Waals surface area contributed by atoms with E-state index in [1.165, 1.54) is 4.88 Å². The molecule has 1 aromatic rings. The number of nitrogens with zero attached hydrogens (tertiary/aromatic N) is 1. The number of nitrogens with one attached hydrogen (secondary N) is 1. The fourth-order valence-corrected chi connectivity index (χ4v) is 2.55. The summed E-state index contributed by atoms with van der Waals surface area (Å²) in [4.78, 5) is 17.3. The number of hydrogen-bond acceptors (Lipinski definition) is 4. The van der Waals surface area contributed by atoms with Gasteiger partial charge in [0.05, 0.1) is 12.2 Å². The van der Waals surface area contributed by atoms with Gasteiger partial charge in [0.1, 0.15) is 5.01 Å². The zero-order valence-electron chi connectivity index (χ0n) is 10.9. The maximum Gasteiger partial charge on any atom is 0.224 e. The average molecular weight is 255 g/mol. The van der Waals surface area contributed by atoms with Crippen molar-refractivity contribution in [3.05, 3.63) is 15.6 Å². The molecule has 17 heavy (non-hydrogen) atoms. The minimum atomic E-state index is -0.138. The normalized spacial score (nSPS) is 12.8. The highest BCUT2D eigenvalue weighted by Gasteiger charge is 2.13. The van der Waals surface area contributed by atoms with Crippen molar-refractivity contribution >= 4 is 17.2 Å². The van der Waals surface area contributed by atoms with Crippen molar-refractivity contribution in [1.29, 1.82) is 0 Å². The van der Waals surface area contributed by atoms with Crippen LogP contribution in [0.4, 0.5) is 0 Å². The molecule has 0 fully saturated rings. The average Bonchev–Trinajstić information content (AvgIpc) is 2.66. The van der Waals surface area contributed by atoms with E-state index in [4.69, 9.17) is 5.73 Å². The summed E-state index contributed by atoms with van der Waals surface area (Å²) < 4.78 is 0. The summed E-state index contributed by atoms with van der Waals surface area (Å²) in [5.41, 5.74) is 6.57. The van der Waals surface area contributed by atoms with E-state index in [9.17, 15) is 4.79 Å². The Hall–Kier alpha value is -0.940. The topological polar surface area (TPSA) is 68.0 Å². The lowest BCUT2D eigenvalue weighted by atomic mass is 10.1. The molecule has 0 saturated carbocycles. The van der Waals surface area contributed by atoms with Crippen LogP contribution in [-0.4, -0.2) is 17.4 Å². The van der Waals surface area contributed by atoms with Crippen LogP contribution in [0.3, 0.4) is 0 Å². The van der Waals surface area contributed by atoms with E-state index >= 15 is 0 Å². The maximum absolute atomic E-state index is 11.6. The first-order chi connectivity index (χ1) is 7.95. The fraction of sp³-hybridized carbons (Fsp3) is 0.667. The summed E-state index contributed by atoms with van der Waals surface area (Å²) in [5.74, 6) is 0.283. The summed E-state index contributed by atoms with van der Waals surface area (Å²) >= 11 is 1.65. The molecule has 3 N–H and O–H groups in total. The molecule has 96 valence electrons. The number of carbonyl (C=O) groups excluding carboxylic acids is 1. The van der Waals surface area contributed by atoms with E-state index in [1.54, 1.807) is 11.3 Å². The third-order valence-electron chi connectivity index (χ3n) is 2.64. The Morgan fingerprint density at radius 2 is 2.12 bits per heavy atom. The first kappa shape index (κ1) is 14.1. The molecule has 4 nitrogen and oxygen atoms in total.